The van der Waals surface area contributed by atoms with Crippen LogP contribution in [-0.4, -0.2) is 0 Å². The lowest BCUT2D eigenvalue weighted by Gasteiger charge is -2.37. The highest BCUT2D eigenvalue weighted by atomic mass is 14.7. The molecule has 1 heteroatoms. The largest absolute Gasteiger partial charge is 0.321 e. The Morgan fingerprint density at radius 3 is 2.19 bits per heavy atom. The van der Waals surface area contributed by atoms with Crippen molar-refractivity contribution < 1.29 is 0 Å². The minimum Gasteiger partial charge on any atom is -0.321 e. The summed E-state index contributed by atoms with van der Waals surface area (Å²) in [6.45, 7) is 4.33. The molecule has 1 aromatic rings. The summed E-state index contributed by atoms with van der Waals surface area (Å²) in [4.78, 5) is 0. The molecular formula is C15H23N. The normalized spacial score (nSPS) is 21.7. The van der Waals surface area contributed by atoms with Crippen molar-refractivity contribution in [2.75, 3.05) is 0 Å². The number of rotatable bonds is 2. The first-order valence-corrected chi connectivity index (χ1v) is 6.47. The average Bonchev–Trinajstić information content (AvgIpc) is 2.31. The number of aryl methyl sites for hydroxylation is 1. The summed E-state index contributed by atoms with van der Waals surface area (Å²) >= 11 is 0. The van der Waals surface area contributed by atoms with Crippen molar-refractivity contribution in [1.82, 2.24) is 0 Å². The van der Waals surface area contributed by atoms with Gasteiger partial charge in [0.2, 0.25) is 0 Å². The Labute approximate surface area is 99.0 Å². The van der Waals surface area contributed by atoms with Gasteiger partial charge in [-0.3, -0.25) is 0 Å². The van der Waals surface area contributed by atoms with Gasteiger partial charge >= 0.3 is 0 Å². The van der Waals surface area contributed by atoms with Crippen LogP contribution < -0.4 is 5.73 Å². The first kappa shape index (κ1) is 11.7. The van der Waals surface area contributed by atoms with E-state index in [9.17, 15) is 0 Å². The molecule has 0 aromatic heterocycles. The van der Waals surface area contributed by atoms with E-state index in [-0.39, 0.29) is 5.54 Å². The second-order valence-corrected chi connectivity index (χ2v) is 5.48. The van der Waals surface area contributed by atoms with E-state index in [4.69, 9.17) is 5.73 Å². The summed E-state index contributed by atoms with van der Waals surface area (Å²) < 4.78 is 0. The molecule has 2 rings (SSSR count). The van der Waals surface area contributed by atoms with Crippen molar-refractivity contribution in [3.63, 3.8) is 0 Å². The molecule has 1 fully saturated rings. The summed E-state index contributed by atoms with van der Waals surface area (Å²) in [6.07, 6.45) is 6.68. The van der Waals surface area contributed by atoms with Crippen LogP contribution in [0.3, 0.4) is 0 Å². The van der Waals surface area contributed by atoms with Gasteiger partial charge in [0.1, 0.15) is 0 Å². The standard InChI is InChI=1S/C15H23N/c1-12-8-10-14(11-9-12)15(2,16)13-6-4-3-5-7-13/h8-11,13H,3-7,16H2,1-2H3. The lowest BCUT2D eigenvalue weighted by Crippen LogP contribution is -2.42. The van der Waals surface area contributed by atoms with E-state index in [0.717, 1.165) is 0 Å². The smallest absolute Gasteiger partial charge is 0.0409 e. The monoisotopic (exact) mass is 217 g/mol. The van der Waals surface area contributed by atoms with Crippen LogP contribution in [0.2, 0.25) is 0 Å². The van der Waals surface area contributed by atoms with Crippen molar-refractivity contribution in [3.05, 3.63) is 35.4 Å². The van der Waals surface area contributed by atoms with Crippen LogP contribution in [0.15, 0.2) is 24.3 Å². The molecule has 1 unspecified atom stereocenters. The molecule has 16 heavy (non-hydrogen) atoms. The second-order valence-electron chi connectivity index (χ2n) is 5.48. The number of benzene rings is 1. The zero-order chi connectivity index (χ0) is 11.6. The SMILES string of the molecule is Cc1ccc(C(C)(N)C2CCCCC2)cc1. The van der Waals surface area contributed by atoms with Crippen molar-refractivity contribution in [3.8, 4) is 0 Å². The maximum atomic E-state index is 6.56. The summed E-state index contributed by atoms with van der Waals surface area (Å²) in [5.41, 5.74) is 9.02. The van der Waals surface area contributed by atoms with Gasteiger partial charge in [0.25, 0.3) is 0 Å². The Morgan fingerprint density at radius 1 is 1.06 bits per heavy atom. The van der Waals surface area contributed by atoms with Gasteiger partial charge in [-0.25, -0.2) is 0 Å². The molecule has 0 amide bonds. The van der Waals surface area contributed by atoms with Crippen molar-refractivity contribution in [2.24, 2.45) is 11.7 Å². The number of hydrogen-bond donors (Lipinski definition) is 1. The van der Waals surface area contributed by atoms with Gasteiger partial charge < -0.3 is 5.73 Å². The predicted octanol–water partition coefficient (Wildman–Crippen LogP) is 3.75. The molecule has 0 heterocycles. The molecule has 0 bridgehead atoms. The Hall–Kier alpha value is -0.820. The molecule has 88 valence electrons. The van der Waals surface area contributed by atoms with Crippen molar-refractivity contribution in [2.45, 2.75) is 51.5 Å². The quantitative estimate of drug-likeness (QED) is 0.802. The maximum Gasteiger partial charge on any atom is 0.0409 e. The van der Waals surface area contributed by atoms with Gasteiger partial charge in [-0.05, 0) is 38.2 Å². The molecule has 0 spiro atoms. The summed E-state index contributed by atoms with van der Waals surface area (Å²) in [5, 5.41) is 0. The third-order valence-electron chi connectivity index (χ3n) is 4.13. The fraction of sp³-hybridized carbons (Fsp3) is 0.600. The molecule has 1 nitrogen and oxygen atoms in total. The third kappa shape index (κ3) is 2.30. The molecule has 1 aromatic carbocycles. The van der Waals surface area contributed by atoms with E-state index >= 15 is 0 Å². The van der Waals surface area contributed by atoms with E-state index in [1.807, 2.05) is 0 Å². The highest BCUT2D eigenvalue weighted by molar-refractivity contribution is 5.28. The topological polar surface area (TPSA) is 26.0 Å². The average molecular weight is 217 g/mol. The zero-order valence-electron chi connectivity index (χ0n) is 10.5. The van der Waals surface area contributed by atoms with E-state index in [1.165, 1.54) is 43.2 Å². The fourth-order valence-electron chi connectivity index (χ4n) is 2.85. The maximum absolute atomic E-state index is 6.56. The first-order valence-electron chi connectivity index (χ1n) is 6.47. The molecule has 0 radical (unpaired) electrons. The Kier molecular flexibility index (Phi) is 3.34. The Balaban J connectivity index is 2.19. The highest BCUT2D eigenvalue weighted by Gasteiger charge is 2.32. The minimum atomic E-state index is -0.145. The molecule has 1 aliphatic rings. The van der Waals surface area contributed by atoms with Crippen LogP contribution in [0, 0.1) is 12.8 Å². The molecule has 2 N–H and O–H groups in total. The molecule has 0 aliphatic heterocycles. The van der Waals surface area contributed by atoms with E-state index in [1.54, 1.807) is 0 Å². The van der Waals surface area contributed by atoms with Crippen molar-refractivity contribution >= 4 is 0 Å². The predicted molar refractivity (Wildman–Crippen MR) is 69.3 cm³/mol. The third-order valence-corrected chi connectivity index (χ3v) is 4.13. The number of hydrogen-bond acceptors (Lipinski definition) is 1. The van der Waals surface area contributed by atoms with Gasteiger partial charge in [0.15, 0.2) is 0 Å². The van der Waals surface area contributed by atoms with Crippen LogP contribution in [0.25, 0.3) is 0 Å². The molecule has 1 saturated carbocycles. The second kappa shape index (κ2) is 4.58. The van der Waals surface area contributed by atoms with Crippen LogP contribution in [0.5, 0.6) is 0 Å². The first-order chi connectivity index (χ1) is 7.60. The Bertz CT molecular complexity index is 331. The number of nitrogens with two attached hydrogens (primary N) is 1. The highest BCUT2D eigenvalue weighted by Crippen LogP contribution is 2.37. The lowest BCUT2D eigenvalue weighted by molar-refractivity contribution is 0.224. The van der Waals surface area contributed by atoms with Gasteiger partial charge in [-0.2, -0.15) is 0 Å². The Morgan fingerprint density at radius 2 is 1.62 bits per heavy atom. The fourth-order valence-corrected chi connectivity index (χ4v) is 2.85. The summed E-state index contributed by atoms with van der Waals surface area (Å²) in [6, 6.07) is 8.74. The van der Waals surface area contributed by atoms with E-state index < -0.39 is 0 Å². The van der Waals surface area contributed by atoms with E-state index in [0.29, 0.717) is 5.92 Å². The van der Waals surface area contributed by atoms with Crippen molar-refractivity contribution in [1.29, 1.82) is 0 Å². The van der Waals surface area contributed by atoms with Crippen LogP contribution in [-0.2, 0) is 5.54 Å². The lowest BCUT2D eigenvalue weighted by atomic mass is 9.73. The molecule has 1 aliphatic carbocycles. The van der Waals surface area contributed by atoms with Gasteiger partial charge in [0.05, 0.1) is 0 Å². The van der Waals surface area contributed by atoms with Gasteiger partial charge in [0, 0.05) is 5.54 Å². The molecule has 1 atom stereocenters. The van der Waals surface area contributed by atoms with Crippen LogP contribution in [0.1, 0.15) is 50.2 Å². The van der Waals surface area contributed by atoms with Crippen LogP contribution >= 0.6 is 0 Å². The summed E-state index contributed by atoms with van der Waals surface area (Å²) in [5.74, 6) is 0.656. The van der Waals surface area contributed by atoms with Crippen LogP contribution in [0.4, 0.5) is 0 Å². The molecular weight excluding hydrogens is 194 g/mol. The molecule has 0 saturated heterocycles. The zero-order valence-corrected chi connectivity index (χ0v) is 10.5. The van der Waals surface area contributed by atoms with Gasteiger partial charge in [-0.1, -0.05) is 49.1 Å². The van der Waals surface area contributed by atoms with E-state index in [2.05, 4.69) is 38.1 Å². The van der Waals surface area contributed by atoms with Gasteiger partial charge in [-0.15, -0.1) is 0 Å². The minimum absolute atomic E-state index is 0.145. The summed E-state index contributed by atoms with van der Waals surface area (Å²) in [7, 11) is 0.